The number of thiazole rings is 1. The quantitative estimate of drug-likeness (QED) is 0.668. The summed E-state index contributed by atoms with van der Waals surface area (Å²) < 4.78 is 5.00. The summed E-state index contributed by atoms with van der Waals surface area (Å²) in [5.74, 6) is 0.374. The van der Waals surface area contributed by atoms with Gasteiger partial charge < -0.3 is 9.84 Å². The number of ether oxygens (including phenoxy) is 1. The molecule has 0 radical (unpaired) electrons. The van der Waals surface area contributed by atoms with Gasteiger partial charge in [0.15, 0.2) is 17.3 Å². The van der Waals surface area contributed by atoms with Crippen molar-refractivity contribution in [1.29, 1.82) is 0 Å². The van der Waals surface area contributed by atoms with E-state index in [2.05, 4.69) is 25.8 Å². The highest BCUT2D eigenvalue weighted by atomic mass is 32.1. The second kappa shape index (κ2) is 6.54. The first-order chi connectivity index (χ1) is 10.7. The van der Waals surface area contributed by atoms with Crippen molar-refractivity contribution in [1.82, 2.24) is 4.98 Å². The monoisotopic (exact) mass is 331 g/mol. The first-order valence-electron chi connectivity index (χ1n) is 7.29. The molecule has 0 aliphatic heterocycles. The maximum Gasteiger partial charge on any atom is 0.197 e. The number of carbonyl (C=O) groups excluding carboxylic acids is 1. The van der Waals surface area contributed by atoms with Crippen molar-refractivity contribution >= 4 is 23.2 Å². The fourth-order valence-corrected chi connectivity index (χ4v) is 3.05. The predicted octanol–water partition coefficient (Wildman–Crippen LogP) is 4.36. The van der Waals surface area contributed by atoms with Gasteiger partial charge in [0.2, 0.25) is 0 Å². The van der Waals surface area contributed by atoms with Crippen LogP contribution < -0.4 is 4.74 Å². The Balaban J connectivity index is 2.22. The number of allylic oxidation sites excluding steroid dienone is 1. The molecule has 0 amide bonds. The minimum absolute atomic E-state index is 0.0473. The Hall–Kier alpha value is -2.14. The van der Waals surface area contributed by atoms with Crippen molar-refractivity contribution in [3.05, 3.63) is 45.4 Å². The smallest absolute Gasteiger partial charge is 0.197 e. The number of aromatic hydroxyl groups is 1. The molecule has 1 aromatic heterocycles. The average molecular weight is 331 g/mol. The van der Waals surface area contributed by atoms with E-state index in [0.29, 0.717) is 10.6 Å². The summed E-state index contributed by atoms with van der Waals surface area (Å²) in [5.41, 5.74) is 1.42. The van der Waals surface area contributed by atoms with E-state index in [1.807, 2.05) is 6.92 Å². The molecular weight excluding hydrogens is 310 g/mol. The van der Waals surface area contributed by atoms with Gasteiger partial charge in [-0.05, 0) is 30.7 Å². The number of ketones is 1. The molecule has 0 atom stereocenters. The molecule has 2 aromatic rings. The molecule has 23 heavy (non-hydrogen) atoms. The van der Waals surface area contributed by atoms with Gasteiger partial charge in [0.1, 0.15) is 0 Å². The normalized spacial score (nSPS) is 11.9. The molecule has 0 saturated heterocycles. The Bertz CT molecular complexity index is 754. The van der Waals surface area contributed by atoms with Crippen LogP contribution in [-0.2, 0) is 5.41 Å². The third-order valence-electron chi connectivity index (χ3n) is 3.29. The van der Waals surface area contributed by atoms with E-state index in [1.54, 1.807) is 24.3 Å². The van der Waals surface area contributed by atoms with Gasteiger partial charge in [-0.1, -0.05) is 32.9 Å². The lowest BCUT2D eigenvalue weighted by Gasteiger charge is -2.13. The van der Waals surface area contributed by atoms with E-state index in [0.717, 1.165) is 16.3 Å². The zero-order chi connectivity index (χ0) is 17.2. The molecule has 0 unspecified atom stereocenters. The number of hydrogen-bond acceptors (Lipinski definition) is 5. The van der Waals surface area contributed by atoms with Crippen LogP contribution in [0.25, 0.3) is 6.08 Å². The predicted molar refractivity (Wildman–Crippen MR) is 93.6 cm³/mol. The van der Waals surface area contributed by atoms with Crippen molar-refractivity contribution in [2.24, 2.45) is 0 Å². The lowest BCUT2D eigenvalue weighted by atomic mass is 9.98. The summed E-state index contributed by atoms with van der Waals surface area (Å²) in [6, 6.07) is 5.00. The number of aromatic nitrogens is 1. The molecule has 4 nitrogen and oxygen atoms in total. The second-order valence-electron chi connectivity index (χ2n) is 6.31. The highest BCUT2D eigenvalue weighted by Crippen LogP contribution is 2.30. The highest BCUT2D eigenvalue weighted by molar-refractivity contribution is 7.14. The van der Waals surface area contributed by atoms with E-state index in [4.69, 9.17) is 4.74 Å². The van der Waals surface area contributed by atoms with Crippen molar-refractivity contribution < 1.29 is 14.6 Å². The van der Waals surface area contributed by atoms with Crippen LogP contribution in [0.5, 0.6) is 11.5 Å². The van der Waals surface area contributed by atoms with E-state index in [1.165, 1.54) is 24.5 Å². The summed E-state index contributed by atoms with van der Waals surface area (Å²) in [4.78, 5) is 17.5. The van der Waals surface area contributed by atoms with Gasteiger partial charge in [0.25, 0.3) is 0 Å². The molecule has 1 N–H and O–H groups in total. The molecule has 0 bridgehead atoms. The fraction of sp³-hybridized carbons (Fsp3) is 0.333. The van der Waals surface area contributed by atoms with Crippen molar-refractivity contribution in [3.63, 3.8) is 0 Å². The number of phenolic OH excluding ortho intramolecular Hbond substituents is 1. The van der Waals surface area contributed by atoms with Crippen LogP contribution >= 0.6 is 11.3 Å². The summed E-state index contributed by atoms with van der Waals surface area (Å²) >= 11 is 1.44. The number of phenols is 1. The standard InChI is InChI=1S/C18H21NO3S/c1-11-16(23-17(19-11)18(2,3)4)13(20)8-6-12-7-9-15(22-5)14(21)10-12/h6-10,21H,1-5H3. The Morgan fingerprint density at radius 2 is 2.04 bits per heavy atom. The van der Waals surface area contributed by atoms with E-state index in [-0.39, 0.29) is 16.9 Å². The van der Waals surface area contributed by atoms with Gasteiger partial charge in [-0.15, -0.1) is 11.3 Å². The maximum absolute atomic E-state index is 12.4. The second-order valence-corrected chi connectivity index (χ2v) is 7.31. The SMILES string of the molecule is COc1ccc(C=CC(=O)c2sc(C(C)(C)C)nc2C)cc1O. The molecule has 0 aliphatic carbocycles. The summed E-state index contributed by atoms with van der Waals surface area (Å²) in [7, 11) is 1.49. The average Bonchev–Trinajstić information content (AvgIpc) is 2.87. The maximum atomic E-state index is 12.4. The molecule has 122 valence electrons. The number of methoxy groups -OCH3 is 1. The van der Waals surface area contributed by atoms with Crippen LogP contribution in [0.1, 0.15) is 46.7 Å². The Morgan fingerprint density at radius 1 is 1.35 bits per heavy atom. The first kappa shape index (κ1) is 17.2. The Kier molecular flexibility index (Phi) is 4.90. The van der Waals surface area contributed by atoms with Gasteiger partial charge >= 0.3 is 0 Å². The van der Waals surface area contributed by atoms with Gasteiger partial charge in [-0.3, -0.25) is 4.79 Å². The van der Waals surface area contributed by atoms with Crippen LogP contribution in [0, 0.1) is 6.92 Å². The van der Waals surface area contributed by atoms with E-state index >= 15 is 0 Å². The summed E-state index contributed by atoms with van der Waals surface area (Å²) in [6.07, 6.45) is 3.19. The minimum Gasteiger partial charge on any atom is -0.504 e. The molecule has 5 heteroatoms. The molecule has 0 spiro atoms. The Morgan fingerprint density at radius 3 is 2.57 bits per heavy atom. The number of nitrogens with zero attached hydrogens (tertiary/aromatic N) is 1. The summed E-state index contributed by atoms with van der Waals surface area (Å²) in [6.45, 7) is 8.09. The highest BCUT2D eigenvalue weighted by Gasteiger charge is 2.22. The van der Waals surface area contributed by atoms with Crippen LogP contribution in [0.15, 0.2) is 24.3 Å². The van der Waals surface area contributed by atoms with Crippen LogP contribution in [0.3, 0.4) is 0 Å². The molecule has 2 rings (SSSR count). The topological polar surface area (TPSA) is 59.4 Å². The molecule has 0 fully saturated rings. The number of benzene rings is 1. The number of hydrogen-bond donors (Lipinski definition) is 1. The van der Waals surface area contributed by atoms with Gasteiger partial charge in [0.05, 0.1) is 22.7 Å². The van der Waals surface area contributed by atoms with Gasteiger partial charge in [0, 0.05) is 5.41 Å². The van der Waals surface area contributed by atoms with E-state index < -0.39 is 0 Å². The number of rotatable bonds is 4. The van der Waals surface area contributed by atoms with Crippen molar-refractivity contribution in [2.45, 2.75) is 33.1 Å². The third kappa shape index (κ3) is 3.99. The molecular formula is C18H21NO3S. The van der Waals surface area contributed by atoms with Crippen molar-refractivity contribution in [2.75, 3.05) is 7.11 Å². The summed E-state index contributed by atoms with van der Waals surface area (Å²) in [5, 5.41) is 10.7. The Labute approximate surface area is 140 Å². The zero-order valence-corrected chi connectivity index (χ0v) is 14.8. The number of aryl methyl sites for hydroxylation is 1. The van der Waals surface area contributed by atoms with Crippen molar-refractivity contribution in [3.8, 4) is 11.5 Å². The lowest BCUT2D eigenvalue weighted by Crippen LogP contribution is -2.10. The van der Waals surface area contributed by atoms with Crippen LogP contribution in [-0.4, -0.2) is 23.0 Å². The molecule has 1 aromatic carbocycles. The van der Waals surface area contributed by atoms with Gasteiger partial charge in [-0.2, -0.15) is 0 Å². The number of carbonyl (C=O) groups is 1. The molecule has 1 heterocycles. The molecule has 0 aliphatic rings. The molecule has 0 saturated carbocycles. The largest absolute Gasteiger partial charge is 0.504 e. The van der Waals surface area contributed by atoms with Crippen LogP contribution in [0.4, 0.5) is 0 Å². The minimum atomic E-state index is -0.0780. The van der Waals surface area contributed by atoms with Crippen LogP contribution in [0.2, 0.25) is 0 Å². The zero-order valence-electron chi connectivity index (χ0n) is 14.0. The third-order valence-corrected chi connectivity index (χ3v) is 4.89. The first-order valence-corrected chi connectivity index (χ1v) is 8.11. The fourth-order valence-electron chi connectivity index (χ4n) is 2.00. The van der Waals surface area contributed by atoms with E-state index in [9.17, 15) is 9.90 Å². The lowest BCUT2D eigenvalue weighted by molar-refractivity contribution is 0.105. The van der Waals surface area contributed by atoms with Gasteiger partial charge in [-0.25, -0.2) is 4.98 Å².